The standard InChI is InChI=1S/C18H21N3O2S/c19-13-3-1-2-4-14(13)23-17-6-5-15(24-17)18(22)20-16-11-12-7-9-21(16)10-8-12/h1-6,12,16H,7-11,19H2,(H,20,22). The van der Waals surface area contributed by atoms with Gasteiger partial charge in [0.05, 0.1) is 16.7 Å². The lowest BCUT2D eigenvalue weighted by molar-refractivity contribution is 0.0296. The van der Waals surface area contributed by atoms with Crippen LogP contribution in [-0.4, -0.2) is 30.1 Å². The number of thiophene rings is 1. The van der Waals surface area contributed by atoms with Crippen LogP contribution in [0.15, 0.2) is 36.4 Å². The monoisotopic (exact) mass is 343 g/mol. The molecule has 0 aliphatic carbocycles. The predicted molar refractivity (Wildman–Crippen MR) is 95.4 cm³/mol. The van der Waals surface area contributed by atoms with Gasteiger partial charge in [0.2, 0.25) is 0 Å². The van der Waals surface area contributed by atoms with Crippen LogP contribution in [0.25, 0.3) is 0 Å². The molecule has 126 valence electrons. The summed E-state index contributed by atoms with van der Waals surface area (Å²) in [5.41, 5.74) is 6.47. The van der Waals surface area contributed by atoms with Crippen LogP contribution < -0.4 is 15.8 Å². The molecule has 1 unspecified atom stereocenters. The molecule has 3 N–H and O–H groups in total. The highest BCUT2D eigenvalue weighted by atomic mass is 32.1. The second-order valence-electron chi connectivity index (χ2n) is 6.46. The van der Waals surface area contributed by atoms with Crippen molar-refractivity contribution >= 4 is 22.9 Å². The minimum Gasteiger partial charge on any atom is -0.445 e. The Morgan fingerprint density at radius 1 is 1.21 bits per heavy atom. The summed E-state index contributed by atoms with van der Waals surface area (Å²) in [6, 6.07) is 11.0. The zero-order valence-electron chi connectivity index (χ0n) is 13.4. The maximum absolute atomic E-state index is 12.5. The number of nitrogens with zero attached hydrogens (tertiary/aromatic N) is 1. The Bertz CT molecular complexity index is 737. The van der Waals surface area contributed by atoms with Gasteiger partial charge in [-0.25, -0.2) is 0 Å². The number of nitrogen functional groups attached to an aromatic ring is 1. The van der Waals surface area contributed by atoms with E-state index in [9.17, 15) is 4.79 Å². The van der Waals surface area contributed by atoms with Crippen LogP contribution in [0.4, 0.5) is 5.69 Å². The summed E-state index contributed by atoms with van der Waals surface area (Å²) in [5.74, 6) is 1.36. The van der Waals surface area contributed by atoms with E-state index in [0.29, 0.717) is 21.4 Å². The number of carbonyl (C=O) groups excluding carboxylic acids is 1. The number of anilines is 1. The van der Waals surface area contributed by atoms with Crippen molar-refractivity contribution in [2.75, 3.05) is 18.8 Å². The topological polar surface area (TPSA) is 67.6 Å². The molecule has 2 aromatic rings. The van der Waals surface area contributed by atoms with Gasteiger partial charge in [0.1, 0.15) is 0 Å². The number of hydrogen-bond acceptors (Lipinski definition) is 5. The van der Waals surface area contributed by atoms with Crippen LogP contribution in [0.3, 0.4) is 0 Å². The third-order valence-electron chi connectivity index (χ3n) is 4.88. The quantitative estimate of drug-likeness (QED) is 0.836. The minimum absolute atomic E-state index is 0.0200. The molecule has 0 radical (unpaired) electrons. The Kier molecular flexibility index (Phi) is 4.16. The number of nitrogens with one attached hydrogen (secondary N) is 1. The van der Waals surface area contributed by atoms with E-state index in [1.807, 2.05) is 30.3 Å². The van der Waals surface area contributed by atoms with Crippen LogP contribution in [0.1, 0.15) is 28.9 Å². The fourth-order valence-electron chi connectivity index (χ4n) is 3.52. The van der Waals surface area contributed by atoms with Crippen molar-refractivity contribution in [2.24, 2.45) is 5.92 Å². The molecule has 24 heavy (non-hydrogen) atoms. The summed E-state index contributed by atoms with van der Waals surface area (Å²) >= 11 is 1.34. The minimum atomic E-state index is -0.0200. The molecule has 3 saturated heterocycles. The second kappa shape index (κ2) is 6.45. The van der Waals surface area contributed by atoms with Gasteiger partial charge in [-0.05, 0) is 49.4 Å². The summed E-state index contributed by atoms with van der Waals surface area (Å²) in [6.45, 7) is 2.20. The number of amides is 1. The Labute approximate surface area is 145 Å². The van der Waals surface area contributed by atoms with Gasteiger partial charge in [0, 0.05) is 13.1 Å². The molecule has 5 nitrogen and oxygen atoms in total. The summed E-state index contributed by atoms with van der Waals surface area (Å²) < 4.78 is 5.78. The number of hydrogen-bond donors (Lipinski definition) is 2. The highest BCUT2D eigenvalue weighted by Crippen LogP contribution is 2.33. The number of nitrogens with two attached hydrogens (primary N) is 1. The van der Waals surface area contributed by atoms with Crippen molar-refractivity contribution in [3.63, 3.8) is 0 Å². The molecule has 3 fully saturated rings. The fourth-order valence-corrected chi connectivity index (χ4v) is 4.29. The number of benzene rings is 1. The molecular formula is C18H21N3O2S. The summed E-state index contributed by atoms with van der Waals surface area (Å²) in [6.07, 6.45) is 3.78. The maximum atomic E-state index is 12.5. The molecule has 1 aromatic carbocycles. The summed E-state index contributed by atoms with van der Waals surface area (Å²) in [4.78, 5) is 15.6. The first-order valence-corrected chi connectivity index (χ1v) is 9.18. The third-order valence-corrected chi connectivity index (χ3v) is 5.84. The van der Waals surface area contributed by atoms with Crippen molar-refractivity contribution in [3.05, 3.63) is 41.3 Å². The van der Waals surface area contributed by atoms with Crippen LogP contribution in [0, 0.1) is 5.92 Å². The van der Waals surface area contributed by atoms with Gasteiger partial charge in [0.15, 0.2) is 10.8 Å². The maximum Gasteiger partial charge on any atom is 0.262 e. The van der Waals surface area contributed by atoms with Crippen LogP contribution >= 0.6 is 11.3 Å². The first kappa shape index (κ1) is 15.5. The molecule has 1 atom stereocenters. The molecule has 4 heterocycles. The summed E-state index contributed by atoms with van der Waals surface area (Å²) in [7, 11) is 0. The Balaban J connectivity index is 1.41. The lowest BCUT2D eigenvalue weighted by Gasteiger charge is -2.45. The Morgan fingerprint density at radius 2 is 2.00 bits per heavy atom. The van der Waals surface area contributed by atoms with E-state index in [4.69, 9.17) is 10.5 Å². The molecule has 0 spiro atoms. The molecular weight excluding hydrogens is 322 g/mol. The van der Waals surface area contributed by atoms with E-state index in [1.165, 1.54) is 24.2 Å². The number of fused-ring (bicyclic) bond motifs is 3. The Morgan fingerprint density at radius 3 is 2.71 bits per heavy atom. The predicted octanol–water partition coefficient (Wildman–Crippen LogP) is 3.29. The van der Waals surface area contributed by atoms with E-state index < -0.39 is 0 Å². The average molecular weight is 343 g/mol. The van der Waals surface area contributed by atoms with Crippen molar-refractivity contribution in [3.8, 4) is 10.8 Å². The van der Waals surface area contributed by atoms with E-state index >= 15 is 0 Å². The van der Waals surface area contributed by atoms with Crippen LogP contribution in [-0.2, 0) is 0 Å². The van der Waals surface area contributed by atoms with Crippen LogP contribution in [0.5, 0.6) is 10.8 Å². The first-order valence-electron chi connectivity index (χ1n) is 8.36. The van der Waals surface area contributed by atoms with Gasteiger partial charge in [-0.15, -0.1) is 0 Å². The number of carbonyl (C=O) groups is 1. The van der Waals surface area contributed by atoms with Gasteiger partial charge in [0.25, 0.3) is 5.91 Å². The van der Waals surface area contributed by atoms with Gasteiger partial charge in [-0.2, -0.15) is 0 Å². The lowest BCUT2D eigenvalue weighted by Crippen LogP contribution is -2.56. The molecule has 6 heteroatoms. The molecule has 1 aromatic heterocycles. The molecule has 3 aliphatic rings. The average Bonchev–Trinajstić information content (AvgIpc) is 3.07. The van der Waals surface area contributed by atoms with Gasteiger partial charge in [-0.3, -0.25) is 9.69 Å². The lowest BCUT2D eigenvalue weighted by atomic mass is 9.86. The molecule has 0 saturated carbocycles. The first-order chi connectivity index (χ1) is 11.7. The normalized spacial score (nSPS) is 25.4. The van der Waals surface area contributed by atoms with Crippen molar-refractivity contribution in [1.82, 2.24) is 10.2 Å². The SMILES string of the molecule is Nc1ccccc1Oc1ccc(C(=O)NC2CC3CCN2CC3)s1. The zero-order chi connectivity index (χ0) is 16.5. The summed E-state index contributed by atoms with van der Waals surface area (Å²) in [5, 5.41) is 3.84. The van der Waals surface area contributed by atoms with E-state index in [2.05, 4.69) is 10.2 Å². The largest absolute Gasteiger partial charge is 0.445 e. The van der Waals surface area contributed by atoms with Gasteiger partial charge >= 0.3 is 0 Å². The molecule has 5 rings (SSSR count). The van der Waals surface area contributed by atoms with Crippen molar-refractivity contribution < 1.29 is 9.53 Å². The van der Waals surface area contributed by atoms with Gasteiger partial charge in [-0.1, -0.05) is 23.5 Å². The van der Waals surface area contributed by atoms with E-state index in [1.54, 1.807) is 6.07 Å². The van der Waals surface area contributed by atoms with E-state index in [-0.39, 0.29) is 12.1 Å². The van der Waals surface area contributed by atoms with Crippen LogP contribution in [0.2, 0.25) is 0 Å². The molecule has 2 bridgehead atoms. The Hall–Kier alpha value is -2.05. The van der Waals surface area contributed by atoms with Crippen molar-refractivity contribution in [1.29, 1.82) is 0 Å². The highest BCUT2D eigenvalue weighted by molar-refractivity contribution is 7.15. The van der Waals surface area contributed by atoms with Gasteiger partial charge < -0.3 is 15.8 Å². The number of ether oxygens (including phenoxy) is 1. The number of piperidine rings is 3. The second-order valence-corrected chi connectivity index (χ2v) is 7.51. The molecule has 1 amide bonds. The molecule has 3 aliphatic heterocycles. The smallest absolute Gasteiger partial charge is 0.262 e. The third kappa shape index (κ3) is 3.12. The highest BCUT2D eigenvalue weighted by Gasteiger charge is 2.34. The van der Waals surface area contributed by atoms with Crippen molar-refractivity contribution in [2.45, 2.75) is 25.4 Å². The fraction of sp³-hybridized carbons (Fsp3) is 0.389. The number of para-hydroxylation sites is 2. The number of rotatable bonds is 4. The van der Waals surface area contributed by atoms with E-state index in [0.717, 1.165) is 25.4 Å². The zero-order valence-corrected chi connectivity index (χ0v) is 14.2.